The average Bonchev–Trinajstić information content (AvgIpc) is 3.21. The number of imidazole rings is 1. The SMILES string of the molecule is CCOc1ccccc1NC(=O)CSc1nsc2nc3ccccc3n12. The lowest BCUT2D eigenvalue weighted by molar-refractivity contribution is -0.113. The lowest BCUT2D eigenvalue weighted by atomic mass is 10.3. The molecule has 26 heavy (non-hydrogen) atoms. The zero-order valence-electron chi connectivity index (χ0n) is 14.0. The summed E-state index contributed by atoms with van der Waals surface area (Å²) in [5, 5.41) is 3.67. The number of amides is 1. The van der Waals surface area contributed by atoms with Gasteiger partial charge in [-0.15, -0.1) is 0 Å². The number of hydrogen-bond acceptors (Lipinski definition) is 6. The van der Waals surface area contributed by atoms with E-state index in [0.717, 1.165) is 21.2 Å². The minimum atomic E-state index is -0.104. The minimum Gasteiger partial charge on any atom is -0.492 e. The number of thioether (sulfide) groups is 1. The molecule has 4 aromatic rings. The van der Waals surface area contributed by atoms with Gasteiger partial charge in [0.1, 0.15) is 5.75 Å². The molecule has 0 aliphatic rings. The monoisotopic (exact) mass is 384 g/mol. The second kappa shape index (κ2) is 7.35. The number of benzene rings is 2. The van der Waals surface area contributed by atoms with Crippen molar-refractivity contribution >= 4 is 50.9 Å². The van der Waals surface area contributed by atoms with E-state index in [1.165, 1.54) is 23.3 Å². The van der Waals surface area contributed by atoms with Crippen LogP contribution in [0.4, 0.5) is 5.69 Å². The van der Waals surface area contributed by atoms with E-state index in [4.69, 9.17) is 4.74 Å². The second-order valence-electron chi connectivity index (χ2n) is 5.45. The quantitative estimate of drug-likeness (QED) is 0.508. The number of carbonyl (C=O) groups excluding carboxylic acids is 1. The topological polar surface area (TPSA) is 68.5 Å². The summed E-state index contributed by atoms with van der Waals surface area (Å²) in [6.07, 6.45) is 0. The lowest BCUT2D eigenvalue weighted by Gasteiger charge is -2.10. The van der Waals surface area contributed by atoms with Crippen molar-refractivity contribution in [3.05, 3.63) is 48.5 Å². The van der Waals surface area contributed by atoms with Gasteiger partial charge in [0.2, 0.25) is 10.9 Å². The molecule has 0 unspecified atom stereocenters. The fraction of sp³-hybridized carbons (Fsp3) is 0.167. The molecule has 0 radical (unpaired) electrons. The summed E-state index contributed by atoms with van der Waals surface area (Å²) < 4.78 is 12.0. The summed E-state index contributed by atoms with van der Waals surface area (Å²) in [5.74, 6) is 0.823. The van der Waals surface area contributed by atoms with Crippen molar-refractivity contribution in [2.45, 2.75) is 12.1 Å². The maximum Gasteiger partial charge on any atom is 0.234 e. The second-order valence-corrected chi connectivity index (χ2v) is 7.12. The first-order valence-corrected chi connectivity index (χ1v) is 9.89. The van der Waals surface area contributed by atoms with Gasteiger partial charge >= 0.3 is 0 Å². The number of hydrogen-bond donors (Lipinski definition) is 1. The summed E-state index contributed by atoms with van der Waals surface area (Å²) in [5.41, 5.74) is 2.61. The molecule has 0 saturated heterocycles. The van der Waals surface area contributed by atoms with E-state index in [1.807, 2.05) is 59.9 Å². The van der Waals surface area contributed by atoms with E-state index in [-0.39, 0.29) is 11.7 Å². The minimum absolute atomic E-state index is 0.104. The van der Waals surface area contributed by atoms with Crippen molar-refractivity contribution in [1.82, 2.24) is 13.8 Å². The first kappa shape index (κ1) is 16.9. The van der Waals surface area contributed by atoms with Crippen LogP contribution in [0.1, 0.15) is 6.92 Å². The molecule has 0 aliphatic carbocycles. The largest absolute Gasteiger partial charge is 0.492 e. The van der Waals surface area contributed by atoms with Crippen LogP contribution in [0.5, 0.6) is 5.75 Å². The molecular weight excluding hydrogens is 368 g/mol. The third kappa shape index (κ3) is 3.25. The van der Waals surface area contributed by atoms with Crippen LogP contribution >= 0.6 is 23.3 Å². The predicted molar refractivity (Wildman–Crippen MR) is 105 cm³/mol. The molecule has 4 rings (SSSR count). The highest BCUT2D eigenvalue weighted by atomic mass is 32.2. The van der Waals surface area contributed by atoms with Crippen LogP contribution in [-0.2, 0) is 4.79 Å². The Balaban J connectivity index is 1.49. The van der Waals surface area contributed by atoms with Crippen LogP contribution in [0.3, 0.4) is 0 Å². The van der Waals surface area contributed by atoms with Crippen molar-refractivity contribution in [2.75, 3.05) is 17.7 Å². The molecule has 6 nitrogen and oxygen atoms in total. The average molecular weight is 384 g/mol. The molecule has 2 aromatic carbocycles. The van der Waals surface area contributed by atoms with Gasteiger partial charge < -0.3 is 10.1 Å². The maximum atomic E-state index is 12.4. The van der Waals surface area contributed by atoms with E-state index in [2.05, 4.69) is 14.7 Å². The summed E-state index contributed by atoms with van der Waals surface area (Å²) in [4.78, 5) is 17.7. The fourth-order valence-electron chi connectivity index (χ4n) is 2.63. The Morgan fingerprint density at radius 1 is 1.23 bits per heavy atom. The maximum absolute atomic E-state index is 12.4. The van der Waals surface area contributed by atoms with E-state index in [1.54, 1.807) is 0 Å². The smallest absolute Gasteiger partial charge is 0.234 e. The Morgan fingerprint density at radius 2 is 2.04 bits per heavy atom. The molecule has 8 heteroatoms. The Kier molecular flexibility index (Phi) is 4.77. The van der Waals surface area contributed by atoms with Gasteiger partial charge in [-0.2, -0.15) is 4.37 Å². The highest BCUT2D eigenvalue weighted by Gasteiger charge is 2.14. The number of nitrogens with zero attached hydrogens (tertiary/aromatic N) is 3. The molecule has 0 bridgehead atoms. The zero-order valence-corrected chi connectivity index (χ0v) is 15.6. The number of carbonyl (C=O) groups is 1. The van der Waals surface area contributed by atoms with Crippen LogP contribution in [0.2, 0.25) is 0 Å². The molecule has 0 fully saturated rings. The molecule has 0 aliphatic heterocycles. The number of rotatable bonds is 6. The normalized spacial score (nSPS) is 11.1. The highest BCUT2D eigenvalue weighted by molar-refractivity contribution is 7.99. The molecule has 0 saturated carbocycles. The highest BCUT2D eigenvalue weighted by Crippen LogP contribution is 2.28. The van der Waals surface area contributed by atoms with Crippen LogP contribution in [0, 0.1) is 0 Å². The summed E-state index contributed by atoms with van der Waals surface area (Å²) >= 11 is 2.73. The van der Waals surface area contributed by atoms with Gasteiger partial charge in [-0.25, -0.2) is 4.98 Å². The van der Waals surface area contributed by atoms with Gasteiger partial charge in [0, 0.05) is 11.5 Å². The number of aromatic nitrogens is 3. The van der Waals surface area contributed by atoms with E-state index >= 15 is 0 Å². The van der Waals surface area contributed by atoms with Gasteiger partial charge in [-0.05, 0) is 31.2 Å². The van der Waals surface area contributed by atoms with Crippen molar-refractivity contribution in [3.8, 4) is 5.75 Å². The molecule has 1 N–H and O–H groups in total. The van der Waals surface area contributed by atoms with Crippen molar-refractivity contribution in [1.29, 1.82) is 0 Å². The molecule has 0 atom stereocenters. The van der Waals surface area contributed by atoms with E-state index in [9.17, 15) is 4.79 Å². The lowest BCUT2D eigenvalue weighted by Crippen LogP contribution is -2.15. The summed E-state index contributed by atoms with van der Waals surface area (Å²) in [7, 11) is 0. The summed E-state index contributed by atoms with van der Waals surface area (Å²) in [6.45, 7) is 2.46. The van der Waals surface area contributed by atoms with Gasteiger partial charge in [0.15, 0.2) is 5.16 Å². The van der Waals surface area contributed by atoms with Crippen LogP contribution in [0.25, 0.3) is 16.0 Å². The summed E-state index contributed by atoms with van der Waals surface area (Å²) in [6, 6.07) is 15.3. The van der Waals surface area contributed by atoms with Crippen molar-refractivity contribution in [2.24, 2.45) is 0 Å². The van der Waals surface area contributed by atoms with Gasteiger partial charge in [0.05, 0.1) is 29.1 Å². The third-order valence-corrected chi connectivity index (χ3v) is 5.48. The molecule has 2 heterocycles. The predicted octanol–water partition coefficient (Wildman–Crippen LogP) is 4.07. The number of para-hydroxylation sites is 4. The van der Waals surface area contributed by atoms with Crippen LogP contribution < -0.4 is 10.1 Å². The van der Waals surface area contributed by atoms with Gasteiger partial charge in [-0.3, -0.25) is 9.20 Å². The molecule has 1 amide bonds. The molecular formula is C18H16N4O2S2. The van der Waals surface area contributed by atoms with Crippen molar-refractivity contribution in [3.63, 3.8) is 0 Å². The first-order valence-electron chi connectivity index (χ1n) is 8.13. The van der Waals surface area contributed by atoms with E-state index in [0.29, 0.717) is 18.0 Å². The van der Waals surface area contributed by atoms with Crippen LogP contribution in [0.15, 0.2) is 53.7 Å². The molecule has 132 valence electrons. The zero-order chi connectivity index (χ0) is 17.9. The number of fused-ring (bicyclic) bond motifs is 3. The Labute approximate surface area is 158 Å². The van der Waals surface area contributed by atoms with Gasteiger partial charge in [0.25, 0.3) is 0 Å². The third-order valence-electron chi connectivity index (χ3n) is 3.72. The Hall–Kier alpha value is -2.58. The first-order chi connectivity index (χ1) is 12.8. The molecule has 0 spiro atoms. The number of anilines is 1. The standard InChI is InChI=1S/C18H16N4O2S2/c1-2-24-15-10-6-4-8-13(15)19-16(23)11-25-18-21-26-17-20-12-7-3-5-9-14(12)22(17)18/h3-10H,2,11H2,1H3,(H,19,23). The van der Waals surface area contributed by atoms with Gasteiger partial charge in [-0.1, -0.05) is 36.0 Å². The Bertz CT molecular complexity index is 1070. The van der Waals surface area contributed by atoms with E-state index < -0.39 is 0 Å². The number of ether oxygens (including phenoxy) is 1. The number of nitrogens with one attached hydrogen (secondary N) is 1. The fourth-order valence-corrected chi connectivity index (χ4v) is 4.30. The van der Waals surface area contributed by atoms with Crippen molar-refractivity contribution < 1.29 is 9.53 Å². The Morgan fingerprint density at radius 3 is 2.92 bits per heavy atom. The van der Waals surface area contributed by atoms with Crippen LogP contribution in [-0.4, -0.2) is 32.0 Å². The molecule has 2 aromatic heterocycles.